The van der Waals surface area contributed by atoms with Gasteiger partial charge in [-0.05, 0) is 32.4 Å². The lowest BCUT2D eigenvalue weighted by Gasteiger charge is -2.27. The number of nitriles is 1. The van der Waals surface area contributed by atoms with Crippen LogP contribution in [0.25, 0.3) is 0 Å². The maximum Gasteiger partial charge on any atom is 0.179 e. The van der Waals surface area contributed by atoms with Gasteiger partial charge in [-0.15, -0.1) is 0 Å². The zero-order valence-electron chi connectivity index (χ0n) is 12.9. The predicted octanol–water partition coefficient (Wildman–Crippen LogP) is 3.30. The molecule has 3 heteroatoms. The Morgan fingerprint density at radius 1 is 1.25 bits per heavy atom. The Bertz CT molecular complexity index is 473. The van der Waals surface area contributed by atoms with Gasteiger partial charge < -0.3 is 0 Å². The average Bonchev–Trinajstić information content (AvgIpc) is 2.50. The van der Waals surface area contributed by atoms with Crippen LogP contribution in [0.4, 0.5) is 0 Å². The molecule has 0 saturated carbocycles. The van der Waals surface area contributed by atoms with E-state index in [9.17, 15) is 4.79 Å². The van der Waals surface area contributed by atoms with E-state index in [2.05, 4.69) is 17.9 Å². The van der Waals surface area contributed by atoms with Gasteiger partial charge in [0, 0.05) is 12.1 Å². The van der Waals surface area contributed by atoms with Crippen LogP contribution < -0.4 is 0 Å². The van der Waals surface area contributed by atoms with Gasteiger partial charge in [-0.3, -0.25) is 9.69 Å². The molecule has 0 aromatic heterocycles. The Balaban J connectivity index is 2.80. The van der Waals surface area contributed by atoms with Crippen molar-refractivity contribution in [2.45, 2.75) is 40.2 Å². The fourth-order valence-electron chi connectivity index (χ4n) is 2.27. The molecular weight excluding hydrogens is 248 g/mol. The SMILES string of the molecule is CCc1ccc(C(=O)C(C)N(CC)CC(C)C#N)cc1. The van der Waals surface area contributed by atoms with Crippen molar-refractivity contribution in [2.75, 3.05) is 13.1 Å². The second kappa shape index (κ2) is 7.81. The monoisotopic (exact) mass is 272 g/mol. The molecule has 0 N–H and O–H groups in total. The third-order valence-corrected chi connectivity index (χ3v) is 3.71. The number of carbonyl (C=O) groups excluding carboxylic acids is 1. The molecule has 1 aromatic carbocycles. The van der Waals surface area contributed by atoms with Crippen LogP contribution in [0, 0.1) is 17.2 Å². The first-order chi connectivity index (χ1) is 9.53. The van der Waals surface area contributed by atoms with Crippen molar-refractivity contribution in [1.29, 1.82) is 5.26 Å². The number of Topliss-reactive ketones (excluding diaryl/α,β-unsaturated/α-hetero) is 1. The molecule has 0 fully saturated rings. The van der Waals surface area contributed by atoms with Crippen LogP contribution in [0.15, 0.2) is 24.3 Å². The second-order valence-corrected chi connectivity index (χ2v) is 5.21. The first-order valence-corrected chi connectivity index (χ1v) is 7.30. The summed E-state index contributed by atoms with van der Waals surface area (Å²) < 4.78 is 0. The summed E-state index contributed by atoms with van der Waals surface area (Å²) in [6.07, 6.45) is 0.977. The van der Waals surface area contributed by atoms with E-state index in [0.717, 1.165) is 18.5 Å². The highest BCUT2D eigenvalue weighted by atomic mass is 16.1. The van der Waals surface area contributed by atoms with E-state index in [1.807, 2.05) is 45.0 Å². The Labute approximate surface area is 122 Å². The van der Waals surface area contributed by atoms with Crippen LogP contribution in [0.3, 0.4) is 0 Å². The van der Waals surface area contributed by atoms with Crippen molar-refractivity contribution >= 4 is 5.78 Å². The number of ketones is 1. The number of hydrogen-bond acceptors (Lipinski definition) is 3. The fraction of sp³-hybridized carbons (Fsp3) is 0.529. The van der Waals surface area contributed by atoms with Crippen molar-refractivity contribution in [3.63, 3.8) is 0 Å². The molecule has 0 spiro atoms. The van der Waals surface area contributed by atoms with Gasteiger partial charge >= 0.3 is 0 Å². The molecule has 20 heavy (non-hydrogen) atoms. The van der Waals surface area contributed by atoms with Crippen LogP contribution in [0.1, 0.15) is 43.6 Å². The zero-order chi connectivity index (χ0) is 15.1. The van der Waals surface area contributed by atoms with Crippen molar-refractivity contribution in [3.05, 3.63) is 35.4 Å². The molecule has 1 aromatic rings. The highest BCUT2D eigenvalue weighted by Gasteiger charge is 2.22. The maximum absolute atomic E-state index is 12.5. The number of carbonyl (C=O) groups is 1. The second-order valence-electron chi connectivity index (χ2n) is 5.21. The van der Waals surface area contributed by atoms with Crippen LogP contribution in [-0.2, 0) is 6.42 Å². The minimum absolute atomic E-state index is 0.0623. The number of rotatable bonds is 7. The van der Waals surface area contributed by atoms with Gasteiger partial charge in [-0.2, -0.15) is 5.26 Å². The number of nitrogens with zero attached hydrogens (tertiary/aromatic N) is 2. The van der Waals surface area contributed by atoms with Gasteiger partial charge in [-0.25, -0.2) is 0 Å². The molecule has 0 saturated heterocycles. The third-order valence-electron chi connectivity index (χ3n) is 3.71. The molecule has 0 aliphatic carbocycles. The highest BCUT2D eigenvalue weighted by Crippen LogP contribution is 2.12. The predicted molar refractivity (Wildman–Crippen MR) is 81.6 cm³/mol. The highest BCUT2D eigenvalue weighted by molar-refractivity contribution is 5.99. The van der Waals surface area contributed by atoms with E-state index in [0.29, 0.717) is 6.54 Å². The molecule has 0 aliphatic heterocycles. The number of likely N-dealkylation sites (N-methyl/N-ethyl adjacent to an activating group) is 1. The molecular formula is C17H24N2O. The lowest BCUT2D eigenvalue weighted by Crippen LogP contribution is -2.41. The summed E-state index contributed by atoms with van der Waals surface area (Å²) >= 11 is 0. The van der Waals surface area contributed by atoms with Crippen LogP contribution >= 0.6 is 0 Å². The summed E-state index contributed by atoms with van der Waals surface area (Å²) in [5.41, 5.74) is 1.98. The van der Waals surface area contributed by atoms with Gasteiger partial charge in [0.2, 0.25) is 0 Å². The molecule has 108 valence electrons. The molecule has 1 rings (SSSR count). The molecule has 0 heterocycles. The third kappa shape index (κ3) is 4.18. The number of benzene rings is 1. The van der Waals surface area contributed by atoms with Crippen molar-refractivity contribution in [1.82, 2.24) is 4.90 Å². The standard InChI is InChI=1S/C17H24N2O/c1-5-15-7-9-16(10-8-15)17(20)14(4)19(6-2)12-13(3)11-18/h7-10,13-14H,5-6,12H2,1-4H3. The summed E-state index contributed by atoms with van der Waals surface area (Å²) in [7, 11) is 0. The van der Waals surface area contributed by atoms with Crippen molar-refractivity contribution in [3.8, 4) is 6.07 Å². The van der Waals surface area contributed by atoms with E-state index < -0.39 is 0 Å². The Hall–Kier alpha value is -1.66. The van der Waals surface area contributed by atoms with E-state index in [1.165, 1.54) is 5.56 Å². The molecule has 2 atom stereocenters. The lowest BCUT2D eigenvalue weighted by atomic mass is 10.0. The average molecular weight is 272 g/mol. The summed E-state index contributed by atoms with van der Waals surface area (Å²) in [6.45, 7) is 9.33. The summed E-state index contributed by atoms with van der Waals surface area (Å²) in [6, 6.07) is 9.85. The maximum atomic E-state index is 12.5. The number of hydrogen-bond donors (Lipinski definition) is 0. The summed E-state index contributed by atoms with van der Waals surface area (Å²) in [5, 5.41) is 8.91. The Kier molecular flexibility index (Phi) is 6.41. The van der Waals surface area contributed by atoms with Crippen LogP contribution in [0.2, 0.25) is 0 Å². The Morgan fingerprint density at radius 2 is 1.85 bits per heavy atom. The summed E-state index contributed by atoms with van der Waals surface area (Å²) in [5.74, 6) is 0.0623. The Morgan fingerprint density at radius 3 is 2.30 bits per heavy atom. The molecule has 3 nitrogen and oxygen atoms in total. The van der Waals surface area contributed by atoms with Gasteiger partial charge in [0.05, 0.1) is 18.0 Å². The molecule has 2 unspecified atom stereocenters. The van der Waals surface area contributed by atoms with Crippen molar-refractivity contribution in [2.24, 2.45) is 5.92 Å². The smallest absolute Gasteiger partial charge is 0.179 e. The lowest BCUT2D eigenvalue weighted by molar-refractivity contribution is 0.0835. The molecule has 0 radical (unpaired) electrons. The molecule has 0 aliphatic rings. The fourth-order valence-corrected chi connectivity index (χ4v) is 2.27. The van der Waals surface area contributed by atoms with E-state index in [1.54, 1.807) is 0 Å². The van der Waals surface area contributed by atoms with E-state index in [-0.39, 0.29) is 17.7 Å². The zero-order valence-corrected chi connectivity index (χ0v) is 12.9. The van der Waals surface area contributed by atoms with Crippen LogP contribution in [-0.4, -0.2) is 29.8 Å². The first kappa shape index (κ1) is 16.4. The minimum atomic E-state index is -0.191. The topological polar surface area (TPSA) is 44.1 Å². The first-order valence-electron chi connectivity index (χ1n) is 7.30. The quantitative estimate of drug-likeness (QED) is 0.715. The van der Waals surface area contributed by atoms with Crippen LogP contribution in [0.5, 0.6) is 0 Å². The van der Waals surface area contributed by atoms with E-state index in [4.69, 9.17) is 5.26 Å². The molecule has 0 bridgehead atoms. The normalized spacial score (nSPS) is 13.8. The minimum Gasteiger partial charge on any atom is -0.292 e. The van der Waals surface area contributed by atoms with Gasteiger partial charge in [0.1, 0.15) is 0 Å². The summed E-state index contributed by atoms with van der Waals surface area (Å²) in [4.78, 5) is 14.5. The van der Waals surface area contributed by atoms with Gasteiger partial charge in [0.15, 0.2) is 5.78 Å². The van der Waals surface area contributed by atoms with Gasteiger partial charge in [0.25, 0.3) is 0 Å². The van der Waals surface area contributed by atoms with Gasteiger partial charge in [-0.1, -0.05) is 38.1 Å². The largest absolute Gasteiger partial charge is 0.292 e. The molecule has 0 amide bonds. The van der Waals surface area contributed by atoms with E-state index >= 15 is 0 Å². The number of aryl methyl sites for hydroxylation is 1. The van der Waals surface area contributed by atoms with Crippen molar-refractivity contribution < 1.29 is 4.79 Å².